The van der Waals surface area contributed by atoms with Gasteiger partial charge in [0.2, 0.25) is 0 Å². The highest BCUT2D eigenvalue weighted by Crippen LogP contribution is 2.52. The molecule has 1 saturated carbocycles. The van der Waals surface area contributed by atoms with E-state index in [9.17, 15) is 13.6 Å². The number of rotatable bonds is 3. The predicted octanol–water partition coefficient (Wildman–Crippen LogP) is 3.37. The first-order chi connectivity index (χ1) is 12.0. The number of amides is 1. The molecule has 25 heavy (non-hydrogen) atoms. The smallest absolute Gasteiger partial charge is 0.414 e. The van der Waals surface area contributed by atoms with Crippen molar-refractivity contribution in [1.82, 2.24) is 0 Å². The molecule has 0 aromatic heterocycles. The lowest BCUT2D eigenvalue weighted by Crippen LogP contribution is -2.26. The molecule has 134 valence electrons. The molecule has 2 aliphatic heterocycles. The second kappa shape index (κ2) is 5.68. The highest BCUT2D eigenvalue weighted by Gasteiger charge is 2.53. The van der Waals surface area contributed by atoms with E-state index in [4.69, 9.17) is 4.74 Å². The summed E-state index contributed by atoms with van der Waals surface area (Å²) in [5.74, 6) is -1.31. The van der Waals surface area contributed by atoms with Gasteiger partial charge in [-0.25, -0.2) is 13.6 Å². The Morgan fingerprint density at radius 1 is 1.32 bits per heavy atom. The van der Waals surface area contributed by atoms with E-state index in [1.165, 1.54) is 17.0 Å². The molecule has 7 heteroatoms. The van der Waals surface area contributed by atoms with Gasteiger partial charge in [0.25, 0.3) is 0 Å². The molecule has 1 aliphatic carbocycles. The third kappa shape index (κ3) is 2.56. The van der Waals surface area contributed by atoms with Gasteiger partial charge in [0, 0.05) is 36.9 Å². The van der Waals surface area contributed by atoms with Gasteiger partial charge in [-0.2, -0.15) is 0 Å². The Morgan fingerprint density at radius 2 is 2.00 bits per heavy atom. The van der Waals surface area contributed by atoms with E-state index in [0.717, 1.165) is 18.6 Å². The molecule has 0 bridgehead atoms. The fourth-order valence-electron chi connectivity index (χ4n) is 3.88. The first-order valence-electron chi connectivity index (χ1n) is 8.65. The van der Waals surface area contributed by atoms with Crippen molar-refractivity contribution in [2.45, 2.75) is 32.3 Å². The molecule has 1 spiro atoms. The molecule has 2 heterocycles. The standard InChI is InChI=1S/C18H21F2N3O2/c1-3-12-8-23(17(24)25-12)11-6-13(19)16(14(20)7-11)22-9-15(21-2)18(10-22)4-5-18/h6-7,12H,3-5,8-10H2,1-2H3/t12-/m0/s1. The van der Waals surface area contributed by atoms with Crippen molar-refractivity contribution in [3.8, 4) is 0 Å². The molecule has 5 nitrogen and oxygen atoms in total. The number of aliphatic imine (C=N–C) groups is 1. The molecule has 3 aliphatic rings. The Bertz CT molecular complexity index is 738. The average molecular weight is 349 g/mol. The van der Waals surface area contributed by atoms with Crippen LogP contribution in [0.3, 0.4) is 0 Å². The van der Waals surface area contributed by atoms with Crippen LogP contribution in [0.1, 0.15) is 26.2 Å². The lowest BCUT2D eigenvalue weighted by atomic mass is 10.1. The minimum atomic E-state index is -0.657. The third-order valence-electron chi connectivity index (χ3n) is 5.53. The van der Waals surface area contributed by atoms with Crippen LogP contribution in [0.25, 0.3) is 0 Å². The highest BCUT2D eigenvalue weighted by atomic mass is 19.1. The topological polar surface area (TPSA) is 45.1 Å². The number of anilines is 2. The Balaban J connectivity index is 1.63. The number of nitrogens with zero attached hydrogens (tertiary/aromatic N) is 3. The second-order valence-corrected chi connectivity index (χ2v) is 7.09. The summed E-state index contributed by atoms with van der Waals surface area (Å²) in [5, 5.41) is 0. The number of benzene rings is 1. The van der Waals surface area contributed by atoms with Crippen LogP contribution in [0.5, 0.6) is 0 Å². The first kappa shape index (κ1) is 16.3. The first-order valence-corrected chi connectivity index (χ1v) is 8.65. The summed E-state index contributed by atoms with van der Waals surface area (Å²) >= 11 is 0. The molecule has 2 saturated heterocycles. The van der Waals surface area contributed by atoms with Crippen molar-refractivity contribution in [3.63, 3.8) is 0 Å². The van der Waals surface area contributed by atoms with Crippen molar-refractivity contribution < 1.29 is 18.3 Å². The highest BCUT2D eigenvalue weighted by molar-refractivity contribution is 5.99. The number of hydrogen-bond donors (Lipinski definition) is 0. The lowest BCUT2D eigenvalue weighted by Gasteiger charge is -2.21. The maximum Gasteiger partial charge on any atom is 0.414 e. The van der Waals surface area contributed by atoms with Crippen LogP contribution in [-0.2, 0) is 4.74 Å². The van der Waals surface area contributed by atoms with Crippen LogP contribution >= 0.6 is 0 Å². The quantitative estimate of drug-likeness (QED) is 0.840. The Kier molecular flexibility index (Phi) is 3.70. The van der Waals surface area contributed by atoms with Gasteiger partial charge >= 0.3 is 6.09 Å². The molecule has 1 aromatic rings. The largest absolute Gasteiger partial charge is 0.444 e. The van der Waals surface area contributed by atoms with Gasteiger partial charge in [0.05, 0.1) is 18.8 Å². The summed E-state index contributed by atoms with van der Waals surface area (Å²) in [7, 11) is 1.73. The van der Waals surface area contributed by atoms with E-state index in [0.29, 0.717) is 26.1 Å². The summed E-state index contributed by atoms with van der Waals surface area (Å²) in [6.45, 7) is 3.26. The predicted molar refractivity (Wildman–Crippen MR) is 91.5 cm³/mol. The summed E-state index contributed by atoms with van der Waals surface area (Å²) in [4.78, 5) is 19.2. The number of hydrogen-bond acceptors (Lipinski definition) is 4. The zero-order valence-electron chi connectivity index (χ0n) is 14.4. The van der Waals surface area contributed by atoms with Crippen molar-refractivity contribution in [2.24, 2.45) is 10.4 Å². The van der Waals surface area contributed by atoms with Gasteiger partial charge in [-0.15, -0.1) is 0 Å². The molecule has 1 amide bonds. The van der Waals surface area contributed by atoms with Gasteiger partial charge in [0.15, 0.2) is 11.6 Å². The van der Waals surface area contributed by atoms with Crippen LogP contribution in [0.15, 0.2) is 17.1 Å². The molecule has 1 aromatic carbocycles. The average Bonchev–Trinajstić information content (AvgIpc) is 3.10. The van der Waals surface area contributed by atoms with Crippen molar-refractivity contribution in [2.75, 3.05) is 36.5 Å². The van der Waals surface area contributed by atoms with Crippen LogP contribution in [0.2, 0.25) is 0 Å². The van der Waals surface area contributed by atoms with Crippen molar-refractivity contribution in [3.05, 3.63) is 23.8 Å². The molecule has 4 rings (SSSR count). The van der Waals surface area contributed by atoms with E-state index < -0.39 is 17.7 Å². The SMILES string of the molecule is CC[C@H]1CN(c2cc(F)c(N3CC(=NC)C4(CC4)C3)c(F)c2)C(=O)O1. The van der Waals surface area contributed by atoms with E-state index in [2.05, 4.69) is 4.99 Å². The molecular formula is C18H21F2N3O2. The number of cyclic esters (lactones) is 1. The fraction of sp³-hybridized carbons (Fsp3) is 0.556. The number of carbonyl (C=O) groups excluding carboxylic acids is 1. The van der Waals surface area contributed by atoms with E-state index in [-0.39, 0.29) is 22.9 Å². The Morgan fingerprint density at radius 3 is 2.48 bits per heavy atom. The van der Waals surface area contributed by atoms with Gasteiger partial charge < -0.3 is 9.64 Å². The van der Waals surface area contributed by atoms with Crippen LogP contribution in [0, 0.1) is 17.0 Å². The Labute approximate surface area is 145 Å². The summed E-state index contributed by atoms with van der Waals surface area (Å²) in [5.41, 5.74) is 1.20. The van der Waals surface area contributed by atoms with Crippen molar-refractivity contribution >= 4 is 23.2 Å². The molecule has 1 atom stereocenters. The summed E-state index contributed by atoms with van der Waals surface area (Å²) in [6.07, 6.45) is 1.91. The van der Waals surface area contributed by atoms with E-state index in [1.807, 2.05) is 6.92 Å². The lowest BCUT2D eigenvalue weighted by molar-refractivity contribution is 0.139. The zero-order chi connectivity index (χ0) is 17.8. The summed E-state index contributed by atoms with van der Waals surface area (Å²) in [6, 6.07) is 2.44. The monoisotopic (exact) mass is 349 g/mol. The van der Waals surface area contributed by atoms with Gasteiger partial charge in [-0.3, -0.25) is 9.89 Å². The maximum absolute atomic E-state index is 14.7. The number of halogens is 2. The van der Waals surface area contributed by atoms with Crippen LogP contribution in [-0.4, -0.2) is 44.6 Å². The maximum atomic E-state index is 14.7. The minimum absolute atomic E-state index is 0.0133. The molecular weight excluding hydrogens is 328 g/mol. The van der Waals surface area contributed by atoms with E-state index >= 15 is 0 Å². The Hall–Kier alpha value is -2.18. The molecule has 0 N–H and O–H groups in total. The molecule has 0 unspecified atom stereocenters. The number of ether oxygens (including phenoxy) is 1. The molecule has 3 fully saturated rings. The van der Waals surface area contributed by atoms with Gasteiger partial charge in [0.1, 0.15) is 11.8 Å². The van der Waals surface area contributed by atoms with Crippen LogP contribution < -0.4 is 9.80 Å². The molecule has 0 radical (unpaired) electrons. The number of carbonyl (C=O) groups is 1. The third-order valence-corrected chi connectivity index (χ3v) is 5.53. The fourth-order valence-corrected chi connectivity index (χ4v) is 3.88. The van der Waals surface area contributed by atoms with Gasteiger partial charge in [-0.05, 0) is 19.3 Å². The van der Waals surface area contributed by atoms with Crippen LogP contribution in [0.4, 0.5) is 25.0 Å². The van der Waals surface area contributed by atoms with Gasteiger partial charge in [-0.1, -0.05) is 6.92 Å². The second-order valence-electron chi connectivity index (χ2n) is 7.09. The zero-order valence-corrected chi connectivity index (χ0v) is 14.4. The summed E-state index contributed by atoms with van der Waals surface area (Å²) < 4.78 is 34.6. The minimum Gasteiger partial charge on any atom is -0.444 e. The van der Waals surface area contributed by atoms with E-state index in [1.54, 1.807) is 11.9 Å². The van der Waals surface area contributed by atoms with Crippen molar-refractivity contribution in [1.29, 1.82) is 0 Å². The normalized spacial score (nSPS) is 26.0.